The third-order valence-electron chi connectivity index (χ3n) is 3.92. The van der Waals surface area contributed by atoms with Crippen LogP contribution in [0, 0.1) is 0 Å². The summed E-state index contributed by atoms with van der Waals surface area (Å²) in [5.41, 5.74) is 1.37. The molecule has 1 heterocycles. The molecule has 0 spiro atoms. The molecule has 126 valence electrons. The second kappa shape index (κ2) is 7.02. The summed E-state index contributed by atoms with van der Waals surface area (Å²) in [7, 11) is 0. The van der Waals surface area contributed by atoms with Gasteiger partial charge in [0.1, 0.15) is 18.4 Å². The molecule has 2 unspecified atom stereocenters. The van der Waals surface area contributed by atoms with Gasteiger partial charge in [-0.05, 0) is 36.5 Å². The fourth-order valence-electron chi connectivity index (χ4n) is 2.47. The first-order valence-electron chi connectivity index (χ1n) is 8.09. The van der Waals surface area contributed by atoms with Crippen LogP contribution in [-0.4, -0.2) is 30.5 Å². The van der Waals surface area contributed by atoms with Crippen molar-refractivity contribution < 1.29 is 14.3 Å². The quantitative estimate of drug-likeness (QED) is 0.874. The first kappa shape index (κ1) is 17.3. The molecule has 1 aromatic carbocycles. The molecule has 2 atom stereocenters. The maximum atomic E-state index is 12.0. The van der Waals surface area contributed by atoms with Crippen LogP contribution in [0.2, 0.25) is 0 Å². The van der Waals surface area contributed by atoms with Gasteiger partial charge in [0.05, 0.1) is 6.04 Å². The van der Waals surface area contributed by atoms with E-state index in [2.05, 4.69) is 43.5 Å². The van der Waals surface area contributed by atoms with Gasteiger partial charge in [-0.25, -0.2) is 0 Å². The van der Waals surface area contributed by atoms with E-state index in [-0.39, 0.29) is 23.3 Å². The lowest BCUT2D eigenvalue weighted by atomic mass is 9.87. The molecule has 5 nitrogen and oxygen atoms in total. The van der Waals surface area contributed by atoms with Crippen molar-refractivity contribution >= 4 is 11.8 Å². The molecule has 1 aliphatic heterocycles. The maximum Gasteiger partial charge on any atom is 0.242 e. The third-order valence-corrected chi connectivity index (χ3v) is 3.92. The van der Waals surface area contributed by atoms with E-state index in [1.54, 1.807) is 0 Å². The average Bonchev–Trinajstić information content (AvgIpc) is 2.91. The molecule has 1 fully saturated rings. The van der Waals surface area contributed by atoms with Crippen LogP contribution < -0.4 is 15.4 Å². The Hall–Kier alpha value is -2.04. The van der Waals surface area contributed by atoms with Crippen molar-refractivity contribution in [3.05, 3.63) is 29.8 Å². The van der Waals surface area contributed by atoms with E-state index in [1.807, 2.05) is 19.1 Å². The van der Waals surface area contributed by atoms with Gasteiger partial charge in [-0.15, -0.1) is 0 Å². The first-order valence-corrected chi connectivity index (χ1v) is 8.09. The van der Waals surface area contributed by atoms with Gasteiger partial charge in [0.15, 0.2) is 0 Å². The molecule has 0 saturated carbocycles. The lowest BCUT2D eigenvalue weighted by Gasteiger charge is -2.20. The lowest BCUT2D eigenvalue weighted by molar-refractivity contribution is -0.126. The number of carbonyl (C=O) groups excluding carboxylic acids is 2. The molecular weight excluding hydrogens is 292 g/mol. The fourth-order valence-corrected chi connectivity index (χ4v) is 2.47. The maximum absolute atomic E-state index is 12.0. The molecule has 2 N–H and O–H groups in total. The number of hydrogen-bond donors (Lipinski definition) is 2. The Bertz CT molecular complexity index is 561. The van der Waals surface area contributed by atoms with Crippen molar-refractivity contribution in [1.29, 1.82) is 0 Å². The third kappa shape index (κ3) is 4.98. The standard InChI is InChI=1S/C18H26N2O3/c1-12(19-17(22)15-9-10-16(21)20-15)11-23-14-7-5-13(6-8-14)18(2,3)4/h5-8,12,15H,9-11H2,1-4H3,(H,19,22)(H,20,21). The highest BCUT2D eigenvalue weighted by Gasteiger charge is 2.27. The molecule has 0 aliphatic carbocycles. The molecule has 0 bridgehead atoms. The topological polar surface area (TPSA) is 67.4 Å². The number of amides is 2. The minimum absolute atomic E-state index is 0.0620. The van der Waals surface area contributed by atoms with E-state index in [4.69, 9.17) is 4.74 Å². The smallest absolute Gasteiger partial charge is 0.242 e. The Morgan fingerprint density at radius 3 is 2.52 bits per heavy atom. The van der Waals surface area contributed by atoms with Crippen LogP contribution in [0.3, 0.4) is 0 Å². The zero-order valence-corrected chi connectivity index (χ0v) is 14.3. The van der Waals surface area contributed by atoms with Crippen molar-refractivity contribution in [3.63, 3.8) is 0 Å². The number of hydrogen-bond acceptors (Lipinski definition) is 3. The highest BCUT2D eigenvalue weighted by molar-refractivity contribution is 5.90. The lowest BCUT2D eigenvalue weighted by Crippen LogP contribution is -2.46. The summed E-state index contributed by atoms with van der Waals surface area (Å²) in [6, 6.07) is 7.50. The van der Waals surface area contributed by atoms with Crippen LogP contribution in [0.25, 0.3) is 0 Å². The van der Waals surface area contributed by atoms with Gasteiger partial charge >= 0.3 is 0 Å². The predicted molar refractivity (Wildman–Crippen MR) is 89.4 cm³/mol. The zero-order chi connectivity index (χ0) is 17.0. The van der Waals surface area contributed by atoms with Gasteiger partial charge < -0.3 is 15.4 Å². The number of ether oxygens (including phenoxy) is 1. The van der Waals surface area contributed by atoms with Crippen molar-refractivity contribution in [2.45, 2.75) is 58.0 Å². The summed E-state index contributed by atoms with van der Waals surface area (Å²) in [6.45, 7) is 8.78. The second-order valence-electron chi connectivity index (χ2n) is 7.15. The largest absolute Gasteiger partial charge is 0.491 e. The Balaban J connectivity index is 1.79. The van der Waals surface area contributed by atoms with Crippen LogP contribution in [0.5, 0.6) is 5.75 Å². The molecule has 2 amide bonds. The van der Waals surface area contributed by atoms with E-state index in [9.17, 15) is 9.59 Å². The average molecular weight is 318 g/mol. The molecule has 0 radical (unpaired) electrons. The van der Waals surface area contributed by atoms with E-state index >= 15 is 0 Å². The second-order valence-corrected chi connectivity index (χ2v) is 7.15. The summed E-state index contributed by atoms with van der Waals surface area (Å²) in [6.07, 6.45) is 0.982. The van der Waals surface area contributed by atoms with E-state index in [0.717, 1.165) is 5.75 Å². The molecule has 5 heteroatoms. The van der Waals surface area contributed by atoms with E-state index < -0.39 is 6.04 Å². The Morgan fingerprint density at radius 1 is 1.35 bits per heavy atom. The normalized spacial score (nSPS) is 19.1. The summed E-state index contributed by atoms with van der Waals surface area (Å²) in [5.74, 6) is 0.580. The van der Waals surface area contributed by atoms with Crippen molar-refractivity contribution in [1.82, 2.24) is 10.6 Å². The summed E-state index contributed by atoms with van der Waals surface area (Å²) in [5, 5.41) is 5.53. The Kier molecular flexibility index (Phi) is 5.29. The Morgan fingerprint density at radius 2 is 2.00 bits per heavy atom. The molecule has 23 heavy (non-hydrogen) atoms. The van der Waals surface area contributed by atoms with Gasteiger partial charge in [-0.1, -0.05) is 32.9 Å². The van der Waals surface area contributed by atoms with Gasteiger partial charge in [0, 0.05) is 6.42 Å². The van der Waals surface area contributed by atoms with E-state index in [0.29, 0.717) is 19.4 Å². The summed E-state index contributed by atoms with van der Waals surface area (Å²) >= 11 is 0. The monoisotopic (exact) mass is 318 g/mol. The highest BCUT2D eigenvalue weighted by atomic mass is 16.5. The molecule has 0 aromatic heterocycles. The van der Waals surface area contributed by atoms with E-state index in [1.165, 1.54) is 5.56 Å². The van der Waals surface area contributed by atoms with Crippen LogP contribution in [0.4, 0.5) is 0 Å². The van der Waals surface area contributed by atoms with Crippen LogP contribution in [-0.2, 0) is 15.0 Å². The molecule has 1 aromatic rings. The molecule has 2 rings (SSSR count). The van der Waals surface area contributed by atoms with Crippen LogP contribution >= 0.6 is 0 Å². The fraction of sp³-hybridized carbons (Fsp3) is 0.556. The molecule has 1 aliphatic rings. The number of nitrogens with one attached hydrogen (secondary N) is 2. The number of benzene rings is 1. The van der Waals surface area contributed by atoms with Crippen molar-refractivity contribution in [2.24, 2.45) is 0 Å². The van der Waals surface area contributed by atoms with Gasteiger partial charge in [0.25, 0.3) is 0 Å². The Labute approximate surface area is 137 Å². The minimum Gasteiger partial charge on any atom is -0.491 e. The number of rotatable bonds is 5. The van der Waals surface area contributed by atoms with Crippen molar-refractivity contribution in [2.75, 3.05) is 6.61 Å². The summed E-state index contributed by atoms with van der Waals surface area (Å²) < 4.78 is 5.72. The highest BCUT2D eigenvalue weighted by Crippen LogP contribution is 2.24. The SMILES string of the molecule is CC(COc1ccc(C(C)(C)C)cc1)NC(=O)C1CCC(=O)N1. The molecular formula is C18H26N2O3. The minimum atomic E-state index is -0.406. The van der Waals surface area contributed by atoms with Gasteiger partial charge in [0.2, 0.25) is 11.8 Å². The van der Waals surface area contributed by atoms with Crippen LogP contribution in [0.15, 0.2) is 24.3 Å². The van der Waals surface area contributed by atoms with Gasteiger partial charge in [-0.2, -0.15) is 0 Å². The first-order chi connectivity index (χ1) is 10.8. The molecule has 1 saturated heterocycles. The van der Waals surface area contributed by atoms with Gasteiger partial charge in [-0.3, -0.25) is 9.59 Å². The summed E-state index contributed by atoms with van der Waals surface area (Å²) in [4.78, 5) is 23.1. The predicted octanol–water partition coefficient (Wildman–Crippen LogP) is 2.15. The number of carbonyl (C=O) groups is 2. The van der Waals surface area contributed by atoms with Crippen molar-refractivity contribution in [3.8, 4) is 5.75 Å². The van der Waals surface area contributed by atoms with Crippen LogP contribution in [0.1, 0.15) is 46.1 Å². The zero-order valence-electron chi connectivity index (χ0n) is 14.3.